The Balaban J connectivity index is 1.29. The SMILES string of the molecule is C=Cc1ccc(-n2c(-c3cc(-c4nc5ccccc5n4-c4ccc(C=C)cc4)cc(-c4nc5ccccc5n4-c4ccc(C=C)cc4)c3)nc3ccccc32)cc1. The Morgan fingerprint density at radius 2 is 0.596 bits per heavy atom. The maximum atomic E-state index is 5.33. The van der Waals surface area contributed by atoms with E-state index in [0.29, 0.717) is 0 Å². The van der Waals surface area contributed by atoms with Crippen LogP contribution in [0.3, 0.4) is 0 Å². The van der Waals surface area contributed by atoms with E-state index in [-0.39, 0.29) is 0 Å². The average molecular weight is 733 g/mol. The summed E-state index contributed by atoms with van der Waals surface area (Å²) in [5.41, 5.74) is 14.6. The second kappa shape index (κ2) is 13.8. The highest BCUT2D eigenvalue weighted by atomic mass is 15.1. The monoisotopic (exact) mass is 732 g/mol. The molecule has 57 heavy (non-hydrogen) atoms. The molecule has 10 rings (SSSR count). The van der Waals surface area contributed by atoms with Crippen LogP contribution in [0, 0.1) is 0 Å². The Morgan fingerprint density at radius 3 is 0.860 bits per heavy atom. The predicted octanol–water partition coefficient (Wildman–Crippen LogP) is 12.6. The summed E-state index contributed by atoms with van der Waals surface area (Å²) in [5.74, 6) is 2.42. The number of imidazole rings is 3. The first kappa shape index (κ1) is 33.7. The van der Waals surface area contributed by atoms with Gasteiger partial charge in [-0.15, -0.1) is 0 Å². The second-order valence-electron chi connectivity index (χ2n) is 14.0. The molecule has 0 aliphatic heterocycles. The van der Waals surface area contributed by atoms with Crippen molar-refractivity contribution in [2.45, 2.75) is 0 Å². The molecule has 0 unspecified atom stereocenters. The smallest absolute Gasteiger partial charge is 0.145 e. The molecule has 0 fully saturated rings. The molecule has 0 saturated heterocycles. The highest BCUT2D eigenvalue weighted by Gasteiger charge is 2.22. The lowest BCUT2D eigenvalue weighted by atomic mass is 10.0. The van der Waals surface area contributed by atoms with Gasteiger partial charge in [-0.05, 0) is 108 Å². The summed E-state index contributed by atoms with van der Waals surface area (Å²) >= 11 is 0. The summed E-state index contributed by atoms with van der Waals surface area (Å²) in [5, 5.41) is 0. The molecular formula is C51H36N6. The van der Waals surface area contributed by atoms with E-state index in [0.717, 1.165) is 101 Å². The third-order valence-electron chi connectivity index (χ3n) is 10.6. The van der Waals surface area contributed by atoms with Crippen molar-refractivity contribution in [2.75, 3.05) is 0 Å². The molecule has 6 nitrogen and oxygen atoms in total. The van der Waals surface area contributed by atoms with Gasteiger partial charge in [-0.2, -0.15) is 0 Å². The lowest BCUT2D eigenvalue weighted by Gasteiger charge is -2.16. The normalized spacial score (nSPS) is 11.4. The Hall–Kier alpha value is -7.83. The summed E-state index contributed by atoms with van der Waals surface area (Å²) in [7, 11) is 0. The molecule has 0 N–H and O–H groups in total. The largest absolute Gasteiger partial charge is 0.292 e. The quantitative estimate of drug-likeness (QED) is 0.148. The van der Waals surface area contributed by atoms with Crippen LogP contribution in [0.25, 0.3) is 103 Å². The fourth-order valence-electron chi connectivity index (χ4n) is 7.74. The molecule has 270 valence electrons. The third kappa shape index (κ3) is 5.79. The van der Waals surface area contributed by atoms with E-state index < -0.39 is 0 Å². The number of aromatic nitrogens is 6. The van der Waals surface area contributed by atoms with Crippen molar-refractivity contribution in [3.63, 3.8) is 0 Å². The maximum absolute atomic E-state index is 5.33. The van der Waals surface area contributed by atoms with Crippen LogP contribution in [0.2, 0.25) is 0 Å². The van der Waals surface area contributed by atoms with E-state index in [2.05, 4.69) is 179 Å². The third-order valence-corrected chi connectivity index (χ3v) is 10.6. The number of benzene rings is 7. The first-order valence-electron chi connectivity index (χ1n) is 18.9. The van der Waals surface area contributed by atoms with Gasteiger partial charge in [0.15, 0.2) is 0 Å². The summed E-state index contributed by atoms with van der Waals surface area (Å²) in [6.07, 6.45) is 5.58. The van der Waals surface area contributed by atoms with Crippen LogP contribution in [0.1, 0.15) is 16.7 Å². The average Bonchev–Trinajstić information content (AvgIpc) is 3.99. The number of para-hydroxylation sites is 6. The lowest BCUT2D eigenvalue weighted by Crippen LogP contribution is -2.02. The van der Waals surface area contributed by atoms with Crippen molar-refractivity contribution >= 4 is 51.3 Å². The molecule has 6 heteroatoms. The van der Waals surface area contributed by atoms with Crippen LogP contribution in [0.15, 0.2) is 184 Å². The van der Waals surface area contributed by atoms with Gasteiger partial charge in [0.25, 0.3) is 0 Å². The molecule has 0 radical (unpaired) electrons. The highest BCUT2D eigenvalue weighted by Crippen LogP contribution is 2.39. The van der Waals surface area contributed by atoms with Crippen molar-refractivity contribution < 1.29 is 0 Å². The van der Waals surface area contributed by atoms with Gasteiger partial charge in [-0.3, -0.25) is 13.7 Å². The minimum atomic E-state index is 0.807. The van der Waals surface area contributed by atoms with Crippen molar-refractivity contribution in [1.29, 1.82) is 0 Å². The van der Waals surface area contributed by atoms with E-state index in [1.54, 1.807) is 0 Å². The Morgan fingerprint density at radius 1 is 0.333 bits per heavy atom. The van der Waals surface area contributed by atoms with Gasteiger partial charge < -0.3 is 0 Å². The van der Waals surface area contributed by atoms with Crippen molar-refractivity contribution in [2.24, 2.45) is 0 Å². The zero-order valence-electron chi connectivity index (χ0n) is 31.1. The Labute approximate surface area is 330 Å². The fourth-order valence-corrected chi connectivity index (χ4v) is 7.74. The molecule has 3 heterocycles. The van der Waals surface area contributed by atoms with Crippen LogP contribution < -0.4 is 0 Å². The zero-order valence-corrected chi connectivity index (χ0v) is 31.1. The summed E-state index contributed by atoms with van der Waals surface area (Å²) in [6.45, 7) is 11.9. The van der Waals surface area contributed by atoms with Gasteiger partial charge in [0.05, 0.1) is 33.1 Å². The number of hydrogen-bond donors (Lipinski definition) is 0. The van der Waals surface area contributed by atoms with Crippen molar-refractivity contribution in [1.82, 2.24) is 28.7 Å². The highest BCUT2D eigenvalue weighted by molar-refractivity contribution is 5.90. The first-order chi connectivity index (χ1) is 28.1. The van der Waals surface area contributed by atoms with E-state index >= 15 is 0 Å². The number of nitrogens with zero attached hydrogens (tertiary/aromatic N) is 6. The molecule has 0 aliphatic rings. The lowest BCUT2D eigenvalue weighted by molar-refractivity contribution is 1.08. The fraction of sp³-hybridized carbons (Fsp3) is 0. The van der Waals surface area contributed by atoms with Gasteiger partial charge in [0.1, 0.15) is 17.5 Å². The standard InChI is InChI=1S/C51H36N6/c1-4-34-19-25-40(26-20-34)55-46-16-10-7-13-43(46)52-49(55)37-31-38(50-53-44-14-8-11-17-47(44)56(50)41-27-21-35(5-2)22-28-41)33-39(32-37)51-54-45-15-9-12-18-48(45)57(51)42-29-23-36(6-3)24-30-42/h4-33H,1-3H2. The zero-order chi connectivity index (χ0) is 38.5. The summed E-state index contributed by atoms with van der Waals surface area (Å²) in [6, 6.07) is 56.7. The molecule has 0 aliphatic carbocycles. The number of hydrogen-bond acceptors (Lipinski definition) is 3. The van der Waals surface area contributed by atoms with Gasteiger partial charge in [-0.25, -0.2) is 15.0 Å². The number of rotatable bonds is 9. The molecule has 0 bridgehead atoms. The van der Waals surface area contributed by atoms with Crippen molar-refractivity contribution in [3.05, 3.63) is 200 Å². The van der Waals surface area contributed by atoms with Crippen LogP contribution in [0.4, 0.5) is 0 Å². The van der Waals surface area contributed by atoms with Crippen LogP contribution in [-0.2, 0) is 0 Å². The Kier molecular flexibility index (Phi) is 8.16. The van der Waals surface area contributed by atoms with E-state index in [1.165, 1.54) is 0 Å². The van der Waals surface area contributed by atoms with E-state index in [1.807, 2.05) is 36.4 Å². The van der Waals surface area contributed by atoms with E-state index in [9.17, 15) is 0 Å². The van der Waals surface area contributed by atoms with Crippen LogP contribution >= 0.6 is 0 Å². The number of fused-ring (bicyclic) bond motifs is 3. The molecule has 10 aromatic rings. The van der Waals surface area contributed by atoms with Gasteiger partial charge in [0, 0.05) is 33.8 Å². The van der Waals surface area contributed by atoms with E-state index in [4.69, 9.17) is 15.0 Å². The minimum absolute atomic E-state index is 0.807. The van der Waals surface area contributed by atoms with Crippen LogP contribution in [-0.4, -0.2) is 28.7 Å². The van der Waals surface area contributed by atoms with Gasteiger partial charge in [0.2, 0.25) is 0 Å². The predicted molar refractivity (Wildman–Crippen MR) is 237 cm³/mol. The molecule has 3 aromatic heterocycles. The minimum Gasteiger partial charge on any atom is -0.292 e. The second-order valence-corrected chi connectivity index (χ2v) is 14.0. The molecule has 0 atom stereocenters. The van der Waals surface area contributed by atoms with Crippen molar-refractivity contribution in [3.8, 4) is 51.2 Å². The first-order valence-corrected chi connectivity index (χ1v) is 18.9. The van der Waals surface area contributed by atoms with Crippen LogP contribution in [0.5, 0.6) is 0 Å². The summed E-state index contributed by atoms with van der Waals surface area (Å²) in [4.78, 5) is 16.0. The maximum Gasteiger partial charge on any atom is 0.145 e. The topological polar surface area (TPSA) is 53.5 Å². The molecule has 7 aromatic carbocycles. The van der Waals surface area contributed by atoms with Gasteiger partial charge >= 0.3 is 0 Å². The molecule has 0 spiro atoms. The molecule has 0 amide bonds. The molecule has 0 saturated carbocycles. The Bertz CT molecular complexity index is 2800. The summed E-state index contributed by atoms with van der Waals surface area (Å²) < 4.78 is 6.71. The van der Waals surface area contributed by atoms with Gasteiger partial charge in [-0.1, -0.05) is 111 Å². The molecular weight excluding hydrogens is 697 g/mol.